The highest BCUT2D eigenvalue weighted by atomic mass is 32.2. The van der Waals surface area contributed by atoms with E-state index >= 15 is 0 Å². The van der Waals surface area contributed by atoms with Crippen LogP contribution in [-0.2, 0) is 21.2 Å². The van der Waals surface area contributed by atoms with E-state index in [1.807, 2.05) is 55.5 Å². The van der Waals surface area contributed by atoms with Gasteiger partial charge >= 0.3 is 0 Å². The van der Waals surface area contributed by atoms with Crippen LogP contribution in [0.4, 0.5) is 0 Å². The molecule has 0 heterocycles. The largest absolute Gasteiger partial charge is 0.496 e. The molecule has 174 valence electrons. The van der Waals surface area contributed by atoms with E-state index in [1.54, 1.807) is 12.1 Å². The fraction of sp³-hybridized carbons (Fsp3) is 0.269. The molecule has 0 unspecified atom stereocenters. The molecule has 0 radical (unpaired) electrons. The quantitative estimate of drug-likeness (QED) is 0.515. The molecule has 7 heteroatoms. The molecule has 3 aromatic rings. The third-order valence-corrected chi connectivity index (χ3v) is 7.28. The maximum atomic E-state index is 13.0. The average molecular weight is 467 g/mol. The van der Waals surface area contributed by atoms with E-state index in [-0.39, 0.29) is 23.3 Å². The van der Waals surface area contributed by atoms with Gasteiger partial charge in [-0.2, -0.15) is 0 Å². The lowest BCUT2D eigenvalue weighted by atomic mass is 9.97. The lowest BCUT2D eigenvalue weighted by Crippen LogP contribution is -2.29. The second-order valence-corrected chi connectivity index (χ2v) is 10.2. The van der Waals surface area contributed by atoms with Gasteiger partial charge in [0.15, 0.2) is 0 Å². The van der Waals surface area contributed by atoms with E-state index in [0.717, 1.165) is 21.0 Å². The van der Waals surface area contributed by atoms with Crippen molar-refractivity contribution in [1.82, 2.24) is 9.62 Å². The second kappa shape index (κ2) is 10.6. The summed E-state index contributed by atoms with van der Waals surface area (Å²) in [6.45, 7) is 2.02. The highest BCUT2D eigenvalue weighted by molar-refractivity contribution is 7.89. The predicted molar refractivity (Wildman–Crippen MR) is 130 cm³/mol. The minimum Gasteiger partial charge on any atom is -0.496 e. The molecule has 33 heavy (non-hydrogen) atoms. The van der Waals surface area contributed by atoms with E-state index in [1.165, 1.54) is 27.3 Å². The summed E-state index contributed by atoms with van der Waals surface area (Å²) < 4.78 is 31.6. The monoisotopic (exact) mass is 466 g/mol. The summed E-state index contributed by atoms with van der Waals surface area (Å²) in [5.41, 5.74) is 3.79. The Labute approximate surface area is 196 Å². The number of rotatable bonds is 9. The van der Waals surface area contributed by atoms with Gasteiger partial charge in [0.25, 0.3) is 0 Å². The van der Waals surface area contributed by atoms with Crippen LogP contribution >= 0.6 is 0 Å². The minimum atomic E-state index is -3.58. The number of carbonyl (C=O) groups excluding carboxylic acids is 1. The summed E-state index contributed by atoms with van der Waals surface area (Å²) in [4.78, 5) is 13.1. The van der Waals surface area contributed by atoms with Crippen molar-refractivity contribution in [1.29, 1.82) is 0 Å². The Morgan fingerprint density at radius 1 is 0.970 bits per heavy atom. The molecule has 0 saturated carbocycles. The van der Waals surface area contributed by atoms with Crippen LogP contribution in [0.1, 0.15) is 34.7 Å². The van der Waals surface area contributed by atoms with Gasteiger partial charge in [0.05, 0.1) is 18.0 Å². The number of hydrogen-bond acceptors (Lipinski definition) is 4. The molecule has 0 aromatic heterocycles. The van der Waals surface area contributed by atoms with Crippen LogP contribution in [0, 0.1) is 6.92 Å². The predicted octanol–water partition coefficient (Wildman–Crippen LogP) is 4.09. The SMILES string of the molecule is COc1ccc(S(=O)(=O)N(C)C)cc1CCC(=O)N[C@H](c1ccccc1)c1cccc(C)c1. The Bertz CT molecular complexity index is 1210. The Hall–Kier alpha value is -3.16. The number of methoxy groups -OCH3 is 1. The lowest BCUT2D eigenvalue weighted by molar-refractivity contribution is -0.121. The number of amides is 1. The summed E-state index contributed by atoms with van der Waals surface area (Å²) in [6, 6.07) is 22.3. The Morgan fingerprint density at radius 2 is 1.67 bits per heavy atom. The molecule has 0 aliphatic rings. The third kappa shape index (κ3) is 6.00. The zero-order chi connectivity index (χ0) is 24.0. The molecule has 0 aliphatic carbocycles. The van der Waals surface area contributed by atoms with Crippen molar-refractivity contribution in [3.8, 4) is 5.75 Å². The maximum Gasteiger partial charge on any atom is 0.242 e. The number of ether oxygens (including phenoxy) is 1. The molecule has 0 fully saturated rings. The van der Waals surface area contributed by atoms with E-state index in [9.17, 15) is 13.2 Å². The Morgan fingerprint density at radius 3 is 2.30 bits per heavy atom. The van der Waals surface area contributed by atoms with Crippen LogP contribution < -0.4 is 10.1 Å². The zero-order valence-corrected chi connectivity index (χ0v) is 20.2. The van der Waals surface area contributed by atoms with Gasteiger partial charge in [-0.05, 0) is 48.2 Å². The number of nitrogens with zero attached hydrogens (tertiary/aromatic N) is 1. The van der Waals surface area contributed by atoms with Crippen LogP contribution in [0.2, 0.25) is 0 Å². The van der Waals surface area contributed by atoms with Crippen molar-refractivity contribution >= 4 is 15.9 Å². The van der Waals surface area contributed by atoms with Gasteiger partial charge in [0.1, 0.15) is 5.75 Å². The van der Waals surface area contributed by atoms with Gasteiger partial charge in [-0.25, -0.2) is 12.7 Å². The molecule has 1 atom stereocenters. The molecule has 0 spiro atoms. The van der Waals surface area contributed by atoms with E-state index in [2.05, 4.69) is 11.4 Å². The minimum absolute atomic E-state index is 0.131. The van der Waals surface area contributed by atoms with Crippen LogP contribution in [0.15, 0.2) is 77.7 Å². The lowest BCUT2D eigenvalue weighted by Gasteiger charge is -2.21. The normalized spacial score (nSPS) is 12.4. The van der Waals surface area contributed by atoms with Crippen molar-refractivity contribution in [2.45, 2.75) is 30.7 Å². The van der Waals surface area contributed by atoms with Gasteiger partial charge in [-0.15, -0.1) is 0 Å². The van der Waals surface area contributed by atoms with Crippen LogP contribution in [0.25, 0.3) is 0 Å². The fourth-order valence-electron chi connectivity index (χ4n) is 3.66. The number of aryl methyl sites for hydroxylation is 2. The van der Waals surface area contributed by atoms with Gasteiger partial charge < -0.3 is 10.1 Å². The molecule has 0 aliphatic heterocycles. The number of hydrogen-bond donors (Lipinski definition) is 1. The van der Waals surface area contributed by atoms with Gasteiger partial charge in [0.2, 0.25) is 15.9 Å². The molecule has 1 N–H and O–H groups in total. The van der Waals surface area contributed by atoms with Gasteiger partial charge in [-0.1, -0.05) is 60.2 Å². The van der Waals surface area contributed by atoms with Crippen LogP contribution in [0.5, 0.6) is 5.75 Å². The van der Waals surface area contributed by atoms with Crippen molar-refractivity contribution in [2.75, 3.05) is 21.2 Å². The van der Waals surface area contributed by atoms with Crippen LogP contribution in [-0.4, -0.2) is 39.8 Å². The summed E-state index contributed by atoms with van der Waals surface area (Å²) >= 11 is 0. The Balaban J connectivity index is 1.80. The van der Waals surface area contributed by atoms with E-state index in [0.29, 0.717) is 17.7 Å². The first-order valence-corrected chi connectivity index (χ1v) is 12.2. The van der Waals surface area contributed by atoms with Crippen molar-refractivity contribution < 1.29 is 17.9 Å². The number of nitrogens with one attached hydrogen (secondary N) is 1. The highest BCUT2D eigenvalue weighted by Crippen LogP contribution is 2.26. The summed E-state index contributed by atoms with van der Waals surface area (Å²) in [7, 11) is 0.925. The smallest absolute Gasteiger partial charge is 0.242 e. The molecular weight excluding hydrogens is 436 g/mol. The first-order valence-electron chi connectivity index (χ1n) is 10.7. The average Bonchev–Trinajstić information content (AvgIpc) is 2.81. The first kappa shape index (κ1) is 24.5. The van der Waals surface area contributed by atoms with E-state index < -0.39 is 10.0 Å². The summed E-state index contributed by atoms with van der Waals surface area (Å²) in [5, 5.41) is 3.14. The number of sulfonamides is 1. The first-order chi connectivity index (χ1) is 15.7. The van der Waals surface area contributed by atoms with Crippen molar-refractivity contribution in [3.05, 3.63) is 95.1 Å². The number of carbonyl (C=O) groups is 1. The molecule has 0 bridgehead atoms. The molecule has 1 amide bonds. The van der Waals surface area contributed by atoms with Gasteiger partial charge in [0, 0.05) is 20.5 Å². The molecule has 0 saturated heterocycles. The topological polar surface area (TPSA) is 75.7 Å². The zero-order valence-electron chi connectivity index (χ0n) is 19.4. The van der Waals surface area contributed by atoms with Crippen molar-refractivity contribution in [3.63, 3.8) is 0 Å². The summed E-state index contributed by atoms with van der Waals surface area (Å²) in [5.74, 6) is 0.423. The second-order valence-electron chi connectivity index (χ2n) is 8.09. The van der Waals surface area contributed by atoms with Crippen molar-refractivity contribution in [2.24, 2.45) is 0 Å². The third-order valence-electron chi connectivity index (χ3n) is 5.47. The number of benzene rings is 3. The highest BCUT2D eigenvalue weighted by Gasteiger charge is 2.20. The van der Waals surface area contributed by atoms with E-state index in [4.69, 9.17) is 4.74 Å². The summed E-state index contributed by atoms with van der Waals surface area (Å²) in [6.07, 6.45) is 0.540. The molecule has 6 nitrogen and oxygen atoms in total. The fourth-order valence-corrected chi connectivity index (χ4v) is 4.61. The molecular formula is C26H30N2O4S. The molecule has 3 rings (SSSR count). The molecule has 3 aromatic carbocycles. The maximum absolute atomic E-state index is 13.0. The standard InChI is InChI=1S/C26H30N2O4S/c1-19-9-8-12-22(17-19)26(20-10-6-5-7-11-20)27-25(29)16-13-21-18-23(14-15-24(21)32-4)33(30,31)28(2)3/h5-12,14-15,17-18,26H,13,16H2,1-4H3,(H,27,29)/t26-/m1/s1. The van der Waals surface area contributed by atoms with Gasteiger partial charge in [-0.3, -0.25) is 4.79 Å². The Kier molecular flexibility index (Phi) is 7.89. The van der Waals surface area contributed by atoms with Crippen LogP contribution in [0.3, 0.4) is 0 Å².